The van der Waals surface area contributed by atoms with Crippen molar-refractivity contribution in [2.24, 2.45) is 0 Å². The van der Waals surface area contributed by atoms with Crippen LogP contribution in [0.15, 0.2) is 54.0 Å². The quantitative estimate of drug-likeness (QED) is 0.557. The van der Waals surface area contributed by atoms with E-state index in [2.05, 4.69) is 4.85 Å². The third kappa shape index (κ3) is 3.78. The zero-order valence-electron chi connectivity index (χ0n) is 15.2. The SMILES string of the molecule is [C-]#[N+]/C=C(/c1cc(OC)c(OC)c(OC)c1)c1csc(-c2ccccc2)n1. The largest absolute Gasteiger partial charge is 0.493 e. The van der Waals surface area contributed by atoms with Gasteiger partial charge in [-0.25, -0.2) is 9.83 Å². The van der Waals surface area contributed by atoms with Crippen LogP contribution in [0.3, 0.4) is 0 Å². The molecule has 0 atom stereocenters. The predicted octanol–water partition coefficient (Wildman–Crippen LogP) is 5.14. The maximum Gasteiger partial charge on any atom is 0.203 e. The Morgan fingerprint density at radius 3 is 2.26 bits per heavy atom. The van der Waals surface area contributed by atoms with Gasteiger partial charge in [0.1, 0.15) is 5.01 Å². The van der Waals surface area contributed by atoms with E-state index < -0.39 is 0 Å². The molecule has 0 spiro atoms. The van der Waals surface area contributed by atoms with Gasteiger partial charge < -0.3 is 14.2 Å². The summed E-state index contributed by atoms with van der Waals surface area (Å²) in [6, 6.07) is 13.6. The summed E-state index contributed by atoms with van der Waals surface area (Å²) in [6.45, 7) is 7.32. The zero-order chi connectivity index (χ0) is 19.2. The molecule has 27 heavy (non-hydrogen) atoms. The Bertz CT molecular complexity index is 979. The van der Waals surface area contributed by atoms with Crippen molar-refractivity contribution >= 4 is 16.9 Å². The van der Waals surface area contributed by atoms with E-state index in [1.807, 2.05) is 47.8 Å². The number of rotatable bonds is 6. The zero-order valence-corrected chi connectivity index (χ0v) is 16.0. The second kappa shape index (κ2) is 8.39. The van der Waals surface area contributed by atoms with Crippen molar-refractivity contribution in [3.63, 3.8) is 0 Å². The average molecular weight is 378 g/mol. The summed E-state index contributed by atoms with van der Waals surface area (Å²) in [5.41, 5.74) is 3.23. The third-order valence-corrected chi connectivity index (χ3v) is 4.86. The molecule has 0 fully saturated rings. The van der Waals surface area contributed by atoms with Gasteiger partial charge >= 0.3 is 0 Å². The van der Waals surface area contributed by atoms with E-state index in [0.717, 1.165) is 21.8 Å². The lowest BCUT2D eigenvalue weighted by Gasteiger charge is -2.15. The van der Waals surface area contributed by atoms with Crippen LogP contribution in [0.2, 0.25) is 0 Å². The fourth-order valence-electron chi connectivity index (χ4n) is 2.70. The van der Waals surface area contributed by atoms with Crippen molar-refractivity contribution in [1.82, 2.24) is 4.98 Å². The Labute approximate surface area is 162 Å². The Morgan fingerprint density at radius 2 is 1.70 bits per heavy atom. The molecule has 0 aliphatic carbocycles. The normalized spacial score (nSPS) is 11.0. The highest BCUT2D eigenvalue weighted by atomic mass is 32.1. The Kier molecular flexibility index (Phi) is 5.74. The van der Waals surface area contributed by atoms with Crippen LogP contribution in [0.5, 0.6) is 17.2 Å². The van der Waals surface area contributed by atoms with Gasteiger partial charge in [-0.05, 0) is 17.7 Å². The molecule has 0 saturated carbocycles. The molecule has 5 nitrogen and oxygen atoms in total. The minimum atomic E-state index is 0.508. The lowest BCUT2D eigenvalue weighted by molar-refractivity contribution is 0.324. The fraction of sp³-hybridized carbons (Fsp3) is 0.143. The molecule has 0 radical (unpaired) electrons. The summed E-state index contributed by atoms with van der Waals surface area (Å²) in [5, 5.41) is 2.84. The van der Waals surface area contributed by atoms with Gasteiger partial charge in [0.15, 0.2) is 17.7 Å². The summed E-state index contributed by atoms with van der Waals surface area (Å²) in [6.07, 6.45) is 1.46. The maximum atomic E-state index is 7.32. The molecule has 6 heteroatoms. The number of ether oxygens (including phenoxy) is 3. The molecule has 136 valence electrons. The van der Waals surface area contributed by atoms with Crippen LogP contribution in [-0.4, -0.2) is 26.3 Å². The summed E-state index contributed by atoms with van der Waals surface area (Å²) in [4.78, 5) is 8.19. The molecule has 3 aromatic rings. The second-order valence-corrected chi connectivity index (χ2v) is 6.35. The smallest absolute Gasteiger partial charge is 0.203 e. The lowest BCUT2D eigenvalue weighted by Crippen LogP contribution is -1.98. The number of nitrogens with zero attached hydrogens (tertiary/aromatic N) is 2. The van der Waals surface area contributed by atoms with E-state index >= 15 is 0 Å². The van der Waals surface area contributed by atoms with Gasteiger partial charge in [0.25, 0.3) is 0 Å². The van der Waals surface area contributed by atoms with E-state index in [9.17, 15) is 0 Å². The van der Waals surface area contributed by atoms with Crippen LogP contribution in [0.1, 0.15) is 11.3 Å². The molecule has 0 saturated heterocycles. The van der Waals surface area contributed by atoms with Gasteiger partial charge in [0, 0.05) is 16.5 Å². The van der Waals surface area contributed by atoms with Gasteiger partial charge in [-0.1, -0.05) is 30.3 Å². The molecule has 0 amide bonds. The van der Waals surface area contributed by atoms with Gasteiger partial charge in [0.05, 0.1) is 33.6 Å². The summed E-state index contributed by atoms with van der Waals surface area (Å²) in [7, 11) is 4.69. The van der Waals surface area contributed by atoms with Gasteiger partial charge in [0.2, 0.25) is 5.75 Å². The van der Waals surface area contributed by atoms with Crippen LogP contribution >= 0.6 is 11.3 Å². The predicted molar refractivity (Wildman–Crippen MR) is 107 cm³/mol. The standard InChI is InChI=1S/C21H18N2O3S/c1-22-12-16(15-10-18(24-2)20(26-4)19(11-15)25-3)17-13-27-21(23-17)14-8-6-5-7-9-14/h5-13H,2-4H3/b16-12-. The topological polar surface area (TPSA) is 44.9 Å². The summed E-state index contributed by atoms with van der Waals surface area (Å²) >= 11 is 1.54. The van der Waals surface area contributed by atoms with Crippen molar-refractivity contribution < 1.29 is 14.2 Å². The van der Waals surface area contributed by atoms with Crippen molar-refractivity contribution in [3.8, 4) is 27.8 Å². The Morgan fingerprint density at radius 1 is 1.04 bits per heavy atom. The molecular formula is C21H18N2O3S. The summed E-state index contributed by atoms with van der Waals surface area (Å²) < 4.78 is 16.2. The fourth-order valence-corrected chi connectivity index (χ4v) is 3.53. The molecule has 0 aliphatic rings. The van der Waals surface area contributed by atoms with E-state index in [1.165, 1.54) is 17.5 Å². The van der Waals surface area contributed by atoms with E-state index in [-0.39, 0.29) is 0 Å². The molecule has 0 N–H and O–H groups in total. The molecule has 0 unspecified atom stereocenters. The minimum Gasteiger partial charge on any atom is -0.493 e. The van der Waals surface area contributed by atoms with Crippen LogP contribution in [-0.2, 0) is 0 Å². The van der Waals surface area contributed by atoms with Gasteiger partial charge in [-0.15, -0.1) is 11.3 Å². The molecule has 2 aromatic carbocycles. The number of hydrogen-bond donors (Lipinski definition) is 0. The number of hydrogen-bond acceptors (Lipinski definition) is 5. The summed E-state index contributed by atoms with van der Waals surface area (Å²) in [5.74, 6) is 1.57. The highest BCUT2D eigenvalue weighted by Gasteiger charge is 2.17. The monoisotopic (exact) mass is 378 g/mol. The highest BCUT2D eigenvalue weighted by molar-refractivity contribution is 7.13. The molecule has 3 rings (SSSR count). The van der Waals surface area contributed by atoms with Gasteiger partial charge in [-0.3, -0.25) is 0 Å². The molecule has 1 heterocycles. The highest BCUT2D eigenvalue weighted by Crippen LogP contribution is 2.41. The molecular weight excluding hydrogens is 360 g/mol. The van der Waals surface area contributed by atoms with Gasteiger partial charge in [-0.2, -0.15) is 0 Å². The maximum absolute atomic E-state index is 7.32. The second-order valence-electron chi connectivity index (χ2n) is 5.49. The number of thiazole rings is 1. The minimum absolute atomic E-state index is 0.508. The third-order valence-electron chi connectivity index (χ3n) is 3.97. The van der Waals surface area contributed by atoms with Crippen LogP contribution in [0, 0.1) is 6.57 Å². The first-order chi connectivity index (χ1) is 13.2. The first-order valence-electron chi connectivity index (χ1n) is 8.10. The van der Waals surface area contributed by atoms with Crippen LogP contribution in [0.4, 0.5) is 0 Å². The van der Waals surface area contributed by atoms with E-state index in [0.29, 0.717) is 22.8 Å². The van der Waals surface area contributed by atoms with Crippen molar-refractivity contribution in [3.05, 3.63) is 76.7 Å². The van der Waals surface area contributed by atoms with E-state index in [4.69, 9.17) is 25.8 Å². The Balaban J connectivity index is 2.09. The molecule has 1 aromatic heterocycles. The van der Waals surface area contributed by atoms with Crippen LogP contribution < -0.4 is 14.2 Å². The van der Waals surface area contributed by atoms with Crippen molar-refractivity contribution in [2.75, 3.05) is 21.3 Å². The molecule has 0 aliphatic heterocycles. The number of benzene rings is 2. The average Bonchev–Trinajstić information content (AvgIpc) is 3.21. The van der Waals surface area contributed by atoms with Crippen LogP contribution in [0.25, 0.3) is 21.0 Å². The number of aromatic nitrogens is 1. The first-order valence-corrected chi connectivity index (χ1v) is 8.98. The Hall–Kier alpha value is -3.30. The first kappa shape index (κ1) is 18.5. The van der Waals surface area contributed by atoms with E-state index in [1.54, 1.807) is 21.3 Å². The van der Waals surface area contributed by atoms with Crippen molar-refractivity contribution in [1.29, 1.82) is 0 Å². The lowest BCUT2D eigenvalue weighted by atomic mass is 10.0. The van der Waals surface area contributed by atoms with Crippen molar-refractivity contribution in [2.45, 2.75) is 0 Å². The molecule has 0 bridgehead atoms. The number of methoxy groups -OCH3 is 3.